The average molecular weight is 265 g/mol. The van der Waals surface area contributed by atoms with E-state index < -0.39 is 10.7 Å². The minimum atomic E-state index is -0.652. The lowest BCUT2D eigenvalue weighted by Gasteiger charge is -2.07. The number of aromatic hydroxyl groups is 1. The number of nitro benzene ring substituents is 1. The lowest BCUT2D eigenvalue weighted by Crippen LogP contribution is -2.00. The van der Waals surface area contributed by atoms with Crippen molar-refractivity contribution in [3.63, 3.8) is 0 Å². The summed E-state index contributed by atoms with van der Waals surface area (Å²) < 4.78 is 4.94. The Labute approximate surface area is 110 Å². The summed E-state index contributed by atoms with van der Waals surface area (Å²) in [5.74, 6) is -0.298. The maximum absolute atomic E-state index is 11.6. The van der Waals surface area contributed by atoms with Gasteiger partial charge in [-0.25, -0.2) is 0 Å². The summed E-state index contributed by atoms with van der Waals surface area (Å²) in [6, 6.07) is 2.89. The van der Waals surface area contributed by atoms with Crippen molar-refractivity contribution in [3.05, 3.63) is 27.8 Å². The van der Waals surface area contributed by atoms with Gasteiger partial charge in [-0.15, -0.1) is 0 Å². The Morgan fingerprint density at radius 3 is 2.79 bits per heavy atom. The van der Waals surface area contributed by atoms with E-state index in [1.54, 1.807) is 13.0 Å². The smallest absolute Gasteiger partial charge is 0.314 e. The van der Waals surface area contributed by atoms with Gasteiger partial charge in [-0.3, -0.25) is 14.9 Å². The summed E-state index contributed by atoms with van der Waals surface area (Å²) in [6.07, 6.45) is 1.18. The summed E-state index contributed by atoms with van der Waals surface area (Å²) in [5.41, 5.74) is 0.289. The van der Waals surface area contributed by atoms with Crippen LogP contribution in [0.25, 0.3) is 0 Å². The molecule has 0 spiro atoms. The second-order valence-corrected chi connectivity index (χ2v) is 4.62. The molecule has 2 atom stereocenters. The maximum atomic E-state index is 11.6. The van der Waals surface area contributed by atoms with Gasteiger partial charge in [0.1, 0.15) is 5.78 Å². The van der Waals surface area contributed by atoms with Gasteiger partial charge in [0.15, 0.2) is 5.75 Å². The third-order valence-corrected chi connectivity index (χ3v) is 3.47. The Kier molecular flexibility index (Phi) is 3.42. The monoisotopic (exact) mass is 265 g/mol. The summed E-state index contributed by atoms with van der Waals surface area (Å²) in [4.78, 5) is 21.8. The third-order valence-electron chi connectivity index (χ3n) is 3.47. The first kappa shape index (κ1) is 13.3. The fraction of sp³-hybridized carbons (Fsp3) is 0.462. The maximum Gasteiger partial charge on any atom is 0.314 e. The molecule has 0 heterocycles. The van der Waals surface area contributed by atoms with E-state index in [2.05, 4.69) is 0 Å². The zero-order valence-corrected chi connectivity index (χ0v) is 10.8. The largest absolute Gasteiger partial charge is 0.500 e. The molecule has 0 radical (unpaired) electrons. The highest BCUT2D eigenvalue weighted by atomic mass is 16.6. The van der Waals surface area contributed by atoms with Crippen LogP contribution in [-0.4, -0.2) is 22.9 Å². The standard InChI is InChI=1S/C13H15NO5/c1-3-11(15)9-6-8(9)7-4-10(14(17)18)13(16)12(5-7)19-2/h4-5,8-9,16H,3,6H2,1-2H3. The lowest BCUT2D eigenvalue weighted by atomic mass is 10.0. The average Bonchev–Trinajstić information content (AvgIpc) is 3.18. The number of rotatable bonds is 5. The van der Waals surface area contributed by atoms with Crippen LogP contribution < -0.4 is 4.74 Å². The van der Waals surface area contributed by atoms with Crippen molar-refractivity contribution in [1.29, 1.82) is 0 Å². The molecule has 2 unspecified atom stereocenters. The summed E-state index contributed by atoms with van der Waals surface area (Å²) in [7, 11) is 1.34. The molecule has 6 nitrogen and oxygen atoms in total. The van der Waals surface area contributed by atoms with E-state index in [0.717, 1.165) is 0 Å². The zero-order valence-electron chi connectivity index (χ0n) is 10.8. The molecular formula is C13H15NO5. The number of ether oxygens (including phenoxy) is 1. The fourth-order valence-electron chi connectivity index (χ4n) is 2.30. The molecule has 6 heteroatoms. The van der Waals surface area contributed by atoms with Crippen molar-refractivity contribution >= 4 is 11.5 Å². The molecule has 19 heavy (non-hydrogen) atoms. The normalized spacial score (nSPS) is 20.9. The lowest BCUT2D eigenvalue weighted by molar-refractivity contribution is -0.386. The number of carbonyl (C=O) groups is 1. The van der Waals surface area contributed by atoms with E-state index in [9.17, 15) is 20.0 Å². The molecule has 102 valence electrons. The molecule has 1 aliphatic carbocycles. The molecule has 1 aromatic carbocycles. The van der Waals surface area contributed by atoms with Gasteiger partial charge in [-0.2, -0.15) is 0 Å². The predicted octanol–water partition coefficient (Wildman–Crippen LogP) is 2.39. The Balaban J connectivity index is 2.35. The fourth-order valence-corrected chi connectivity index (χ4v) is 2.30. The minimum absolute atomic E-state index is 0.000602. The van der Waals surface area contributed by atoms with Crippen molar-refractivity contribution in [2.24, 2.45) is 5.92 Å². The highest BCUT2D eigenvalue weighted by Gasteiger charge is 2.43. The number of methoxy groups -OCH3 is 1. The highest BCUT2D eigenvalue weighted by molar-refractivity contribution is 5.84. The number of ketones is 1. The number of Topliss-reactive ketones (excluding diaryl/α,β-unsaturated/α-hetero) is 1. The SMILES string of the molecule is CCC(=O)C1CC1c1cc(OC)c(O)c([N+](=O)[O-])c1. The number of carbonyl (C=O) groups excluding carboxylic acids is 1. The second kappa shape index (κ2) is 4.87. The van der Waals surface area contributed by atoms with Gasteiger partial charge in [0.2, 0.25) is 5.75 Å². The number of hydrogen-bond acceptors (Lipinski definition) is 5. The highest BCUT2D eigenvalue weighted by Crippen LogP contribution is 2.51. The molecule has 0 amide bonds. The van der Waals surface area contributed by atoms with Gasteiger partial charge in [0.05, 0.1) is 12.0 Å². The Morgan fingerprint density at radius 2 is 2.26 bits per heavy atom. The summed E-state index contributed by atoms with van der Waals surface area (Å²) in [6.45, 7) is 1.80. The summed E-state index contributed by atoms with van der Waals surface area (Å²) in [5, 5.41) is 20.6. The zero-order chi connectivity index (χ0) is 14.2. The molecule has 0 saturated heterocycles. The van der Waals surface area contributed by atoms with E-state index in [0.29, 0.717) is 18.4 Å². The van der Waals surface area contributed by atoms with Gasteiger partial charge < -0.3 is 9.84 Å². The van der Waals surface area contributed by atoms with E-state index in [-0.39, 0.29) is 29.1 Å². The van der Waals surface area contributed by atoms with Gasteiger partial charge in [-0.1, -0.05) is 6.92 Å². The van der Waals surface area contributed by atoms with Crippen LogP contribution in [0.15, 0.2) is 12.1 Å². The summed E-state index contributed by atoms with van der Waals surface area (Å²) >= 11 is 0. The van der Waals surface area contributed by atoms with Gasteiger partial charge in [0.25, 0.3) is 0 Å². The first-order valence-electron chi connectivity index (χ1n) is 6.07. The molecule has 1 N–H and O–H groups in total. The molecule has 1 fully saturated rings. The van der Waals surface area contributed by atoms with Crippen LogP contribution in [0.2, 0.25) is 0 Å². The molecular weight excluding hydrogens is 250 g/mol. The van der Waals surface area contributed by atoms with Crippen LogP contribution in [-0.2, 0) is 4.79 Å². The Hall–Kier alpha value is -2.11. The van der Waals surface area contributed by atoms with E-state index >= 15 is 0 Å². The minimum Gasteiger partial charge on any atom is -0.500 e. The molecule has 1 saturated carbocycles. The number of phenols is 1. The number of hydrogen-bond donors (Lipinski definition) is 1. The van der Waals surface area contributed by atoms with Crippen molar-refractivity contribution in [2.75, 3.05) is 7.11 Å². The van der Waals surface area contributed by atoms with Gasteiger partial charge in [0, 0.05) is 18.4 Å². The first-order chi connectivity index (χ1) is 8.99. The first-order valence-corrected chi connectivity index (χ1v) is 6.07. The molecule has 0 aromatic heterocycles. The molecule has 1 aliphatic rings. The van der Waals surface area contributed by atoms with Crippen molar-refractivity contribution in [1.82, 2.24) is 0 Å². The second-order valence-electron chi connectivity index (χ2n) is 4.62. The number of benzene rings is 1. The van der Waals surface area contributed by atoms with E-state index in [4.69, 9.17) is 4.74 Å². The van der Waals surface area contributed by atoms with E-state index in [1.807, 2.05) is 0 Å². The van der Waals surface area contributed by atoms with Crippen molar-refractivity contribution in [2.45, 2.75) is 25.7 Å². The number of nitrogens with zero attached hydrogens (tertiary/aromatic N) is 1. The Bertz CT molecular complexity index is 540. The third kappa shape index (κ3) is 2.38. The molecule has 1 aromatic rings. The van der Waals surface area contributed by atoms with Crippen LogP contribution in [0.1, 0.15) is 31.2 Å². The molecule has 0 bridgehead atoms. The van der Waals surface area contributed by atoms with Crippen molar-refractivity contribution in [3.8, 4) is 11.5 Å². The van der Waals surface area contributed by atoms with Crippen molar-refractivity contribution < 1.29 is 19.6 Å². The van der Waals surface area contributed by atoms with Gasteiger partial charge >= 0.3 is 5.69 Å². The molecule has 0 aliphatic heterocycles. The topological polar surface area (TPSA) is 89.7 Å². The van der Waals surface area contributed by atoms with Gasteiger partial charge in [-0.05, 0) is 24.0 Å². The quantitative estimate of drug-likeness (QED) is 0.652. The van der Waals surface area contributed by atoms with Crippen LogP contribution in [0.3, 0.4) is 0 Å². The number of phenolic OH excluding ortho intramolecular Hbond substituents is 1. The predicted molar refractivity (Wildman–Crippen MR) is 67.5 cm³/mol. The Morgan fingerprint density at radius 1 is 1.58 bits per heavy atom. The van der Waals surface area contributed by atoms with Crippen LogP contribution in [0, 0.1) is 16.0 Å². The van der Waals surface area contributed by atoms with Crippen LogP contribution in [0.5, 0.6) is 11.5 Å². The van der Waals surface area contributed by atoms with Crippen LogP contribution in [0.4, 0.5) is 5.69 Å². The van der Waals surface area contributed by atoms with Crippen LogP contribution >= 0.6 is 0 Å². The van der Waals surface area contributed by atoms with E-state index in [1.165, 1.54) is 13.2 Å². The molecule has 2 rings (SSSR count). The number of nitro groups is 1.